The number of hydrogen-bond donors (Lipinski definition) is 2. The first kappa shape index (κ1) is 19.9. The van der Waals surface area contributed by atoms with Crippen molar-refractivity contribution in [1.82, 2.24) is 0 Å². The van der Waals surface area contributed by atoms with E-state index in [9.17, 15) is 19.8 Å². The van der Waals surface area contributed by atoms with Gasteiger partial charge in [-0.25, -0.2) is 8.78 Å². The molecular weight excluding hydrogens is 366 g/mol. The zero-order chi connectivity index (χ0) is 20.9. The smallest absolute Gasteiger partial charge is 0.199 e. The predicted molar refractivity (Wildman–Crippen MR) is 98.5 cm³/mol. The molecule has 0 aromatic heterocycles. The molecule has 0 aromatic rings. The van der Waals surface area contributed by atoms with E-state index < -0.39 is 46.1 Å². The molecule has 0 radical (unpaired) electrons. The molecule has 8 atom stereocenters. The van der Waals surface area contributed by atoms with Gasteiger partial charge in [-0.15, -0.1) is 0 Å². The molecule has 28 heavy (non-hydrogen) atoms. The van der Waals surface area contributed by atoms with E-state index in [1.165, 1.54) is 26.0 Å². The fraction of sp³-hybridized carbons (Fsp3) is 0.727. The van der Waals surface area contributed by atoms with Crippen molar-refractivity contribution >= 4 is 11.6 Å². The first-order chi connectivity index (χ1) is 12.8. The highest BCUT2D eigenvalue weighted by atomic mass is 19.1. The van der Waals surface area contributed by atoms with E-state index in [2.05, 4.69) is 0 Å². The lowest BCUT2D eigenvalue weighted by Crippen LogP contribution is -2.74. The summed E-state index contributed by atoms with van der Waals surface area (Å²) in [5.41, 5.74) is -5.03. The molecule has 3 fully saturated rings. The summed E-state index contributed by atoms with van der Waals surface area (Å²) in [6.07, 6.45) is 2.05. The van der Waals surface area contributed by atoms with Gasteiger partial charge in [0.25, 0.3) is 0 Å². The van der Waals surface area contributed by atoms with Crippen molar-refractivity contribution in [3.63, 3.8) is 0 Å². The van der Waals surface area contributed by atoms with Crippen molar-refractivity contribution < 1.29 is 28.6 Å². The van der Waals surface area contributed by atoms with E-state index >= 15 is 8.78 Å². The van der Waals surface area contributed by atoms with Crippen molar-refractivity contribution in [2.75, 3.05) is 0 Å². The summed E-state index contributed by atoms with van der Waals surface area (Å²) >= 11 is 0. The van der Waals surface area contributed by atoms with E-state index in [0.29, 0.717) is 6.42 Å². The van der Waals surface area contributed by atoms with Gasteiger partial charge in [0.05, 0.1) is 0 Å². The van der Waals surface area contributed by atoms with Crippen LogP contribution in [-0.4, -0.2) is 39.4 Å². The monoisotopic (exact) mass is 394 g/mol. The molecule has 4 rings (SSSR count). The molecule has 0 spiro atoms. The molecule has 0 saturated heterocycles. The lowest BCUT2D eigenvalue weighted by atomic mass is 9.43. The van der Waals surface area contributed by atoms with Crippen LogP contribution in [0.4, 0.5) is 8.78 Å². The van der Waals surface area contributed by atoms with Crippen LogP contribution in [0.1, 0.15) is 47.0 Å². The Hall–Kier alpha value is -1.40. The third-order valence-electron chi connectivity index (χ3n) is 8.43. The van der Waals surface area contributed by atoms with Gasteiger partial charge in [0.1, 0.15) is 12.0 Å². The van der Waals surface area contributed by atoms with Crippen LogP contribution in [0.25, 0.3) is 0 Å². The molecule has 4 aliphatic carbocycles. The van der Waals surface area contributed by atoms with E-state index in [0.717, 1.165) is 6.08 Å². The van der Waals surface area contributed by atoms with Gasteiger partial charge < -0.3 is 10.2 Å². The Labute approximate surface area is 163 Å². The van der Waals surface area contributed by atoms with Crippen LogP contribution in [0.2, 0.25) is 0 Å². The number of carbonyl (C=O) groups excluding carboxylic acids is 2. The molecule has 4 aliphatic rings. The third kappa shape index (κ3) is 2.11. The van der Waals surface area contributed by atoms with Crippen LogP contribution in [0.5, 0.6) is 0 Å². The van der Waals surface area contributed by atoms with Gasteiger partial charge in [-0.1, -0.05) is 19.9 Å². The molecule has 2 unspecified atom stereocenters. The number of fused-ring (bicyclic) bond motifs is 5. The third-order valence-corrected chi connectivity index (χ3v) is 8.43. The van der Waals surface area contributed by atoms with E-state index in [-0.39, 0.29) is 36.0 Å². The van der Waals surface area contributed by atoms with Crippen molar-refractivity contribution in [3.05, 3.63) is 23.8 Å². The summed E-state index contributed by atoms with van der Waals surface area (Å²) in [7, 11) is 0. The zero-order valence-corrected chi connectivity index (χ0v) is 16.7. The van der Waals surface area contributed by atoms with Crippen molar-refractivity contribution in [1.29, 1.82) is 0 Å². The highest BCUT2D eigenvalue weighted by molar-refractivity contribution is 6.01. The van der Waals surface area contributed by atoms with Crippen molar-refractivity contribution in [2.24, 2.45) is 34.5 Å². The highest BCUT2D eigenvalue weighted by Crippen LogP contribution is 2.72. The van der Waals surface area contributed by atoms with Crippen LogP contribution in [0.15, 0.2) is 23.8 Å². The largest absolute Gasteiger partial charge is 0.363 e. The van der Waals surface area contributed by atoms with Gasteiger partial charge in [0.15, 0.2) is 17.2 Å². The molecule has 0 heterocycles. The Balaban J connectivity index is 1.91. The zero-order valence-electron chi connectivity index (χ0n) is 16.7. The van der Waals surface area contributed by atoms with E-state index in [1.54, 1.807) is 0 Å². The molecule has 0 aromatic carbocycles. The minimum absolute atomic E-state index is 0.0241. The Morgan fingerprint density at radius 3 is 2.46 bits per heavy atom. The second-order valence-electron chi connectivity index (χ2n) is 9.97. The number of aliphatic hydroxyl groups is 2. The van der Waals surface area contributed by atoms with Crippen molar-refractivity contribution in [3.8, 4) is 0 Å². The summed E-state index contributed by atoms with van der Waals surface area (Å²) < 4.78 is 32.1. The lowest BCUT2D eigenvalue weighted by molar-refractivity contribution is -0.342. The van der Waals surface area contributed by atoms with Crippen LogP contribution in [0.3, 0.4) is 0 Å². The highest BCUT2D eigenvalue weighted by Gasteiger charge is 2.77. The van der Waals surface area contributed by atoms with Crippen LogP contribution in [0, 0.1) is 34.5 Å². The molecule has 4 nitrogen and oxygen atoms in total. The number of ketones is 2. The second-order valence-corrected chi connectivity index (χ2v) is 9.97. The second kappa shape index (κ2) is 5.60. The maximum Gasteiger partial charge on any atom is 0.199 e. The quantitative estimate of drug-likeness (QED) is 0.671. The Kier molecular flexibility index (Phi) is 3.98. The molecule has 0 aliphatic heterocycles. The number of hydrogen-bond acceptors (Lipinski definition) is 4. The predicted octanol–water partition coefficient (Wildman–Crippen LogP) is 3.08. The maximum absolute atomic E-state index is 16.9. The number of rotatable bonds is 1. The molecule has 2 N–H and O–H groups in total. The number of halogens is 2. The van der Waals surface area contributed by atoms with Gasteiger partial charge >= 0.3 is 0 Å². The molecule has 0 amide bonds. The summed E-state index contributed by atoms with van der Waals surface area (Å²) in [6.45, 7) is 6.67. The van der Waals surface area contributed by atoms with E-state index in [4.69, 9.17) is 0 Å². The normalized spacial score (nSPS) is 51.8. The topological polar surface area (TPSA) is 74.6 Å². The standard InChI is InChI=1S/C22H28F2O4/c1-11-7-14-15-9-17(23)16-8-13(26)5-6-20(16,4)22(15,24)21(27,28)10-19(14,3)18(11)12(2)25/h5-6,8,11,14-15,17-18,27-28H,7,9-10H2,1-4H3/t11?,14-,15-,17?,18+,19-,20-,22+/m0/s1. The average molecular weight is 394 g/mol. The molecule has 154 valence electrons. The fourth-order valence-electron chi connectivity index (χ4n) is 7.57. The summed E-state index contributed by atoms with van der Waals surface area (Å²) in [4.78, 5) is 24.2. The fourth-order valence-corrected chi connectivity index (χ4v) is 7.57. The first-order valence-electron chi connectivity index (χ1n) is 10.0. The number of Topliss-reactive ketones (excluding diaryl/α,β-unsaturated/α-hetero) is 1. The Morgan fingerprint density at radius 1 is 1.21 bits per heavy atom. The Bertz CT molecular complexity index is 817. The van der Waals surface area contributed by atoms with Gasteiger partial charge in [0.2, 0.25) is 0 Å². The number of allylic oxidation sites excluding steroid dienone is 4. The Morgan fingerprint density at radius 2 is 1.86 bits per heavy atom. The van der Waals surface area contributed by atoms with Gasteiger partial charge in [0, 0.05) is 23.7 Å². The summed E-state index contributed by atoms with van der Waals surface area (Å²) in [6, 6.07) is 0. The van der Waals surface area contributed by atoms with Crippen LogP contribution >= 0.6 is 0 Å². The molecular formula is C22H28F2O4. The first-order valence-corrected chi connectivity index (χ1v) is 10.0. The molecule has 6 heteroatoms. The SMILES string of the molecule is CC(=O)[C@H]1C(C)C[C@H]2[C@@H]3CC(F)C4=CC(=O)C=C[C@]4(C)[C@@]3(F)C(O)(O)C[C@]12C. The van der Waals surface area contributed by atoms with E-state index in [1.807, 2.05) is 13.8 Å². The van der Waals surface area contributed by atoms with Crippen molar-refractivity contribution in [2.45, 2.75) is 64.6 Å². The van der Waals surface area contributed by atoms with Gasteiger partial charge in [-0.05, 0) is 61.7 Å². The van der Waals surface area contributed by atoms with Crippen LogP contribution in [-0.2, 0) is 9.59 Å². The van der Waals surface area contributed by atoms with Gasteiger partial charge in [-0.3, -0.25) is 9.59 Å². The number of alkyl halides is 2. The molecule has 3 saturated carbocycles. The van der Waals surface area contributed by atoms with Gasteiger partial charge in [-0.2, -0.15) is 0 Å². The number of carbonyl (C=O) groups is 2. The minimum atomic E-state index is -2.75. The average Bonchev–Trinajstić information content (AvgIpc) is 2.81. The molecule has 0 bridgehead atoms. The summed E-state index contributed by atoms with van der Waals surface area (Å²) in [5.74, 6) is -5.02. The maximum atomic E-state index is 16.9. The summed E-state index contributed by atoms with van der Waals surface area (Å²) in [5, 5.41) is 22.2. The minimum Gasteiger partial charge on any atom is -0.363 e. The lowest BCUT2D eigenvalue weighted by Gasteiger charge is -2.64. The van der Waals surface area contributed by atoms with Crippen LogP contribution < -0.4 is 0 Å².